The van der Waals surface area contributed by atoms with Crippen molar-refractivity contribution < 1.29 is 0 Å². The van der Waals surface area contributed by atoms with Crippen molar-refractivity contribution in [3.05, 3.63) is 40.5 Å². The average Bonchev–Trinajstić information content (AvgIpc) is 2.72. The molecule has 0 radical (unpaired) electrons. The van der Waals surface area contributed by atoms with Crippen molar-refractivity contribution in [2.24, 2.45) is 0 Å². The van der Waals surface area contributed by atoms with E-state index in [1.165, 1.54) is 17.1 Å². The van der Waals surface area contributed by atoms with Gasteiger partial charge in [-0.25, -0.2) is 0 Å². The summed E-state index contributed by atoms with van der Waals surface area (Å²) in [6, 6.07) is 8.25. The van der Waals surface area contributed by atoms with Crippen LogP contribution in [0.15, 0.2) is 29.6 Å². The lowest BCUT2D eigenvalue weighted by molar-refractivity contribution is 1.15. The molecule has 14 heavy (non-hydrogen) atoms. The molecule has 0 aliphatic rings. The summed E-state index contributed by atoms with van der Waals surface area (Å²) in [6.45, 7) is 0.773. The lowest BCUT2D eigenvalue weighted by Gasteiger charge is -2.10. The minimum absolute atomic E-state index is 0.773. The first-order chi connectivity index (χ1) is 6.90. The molecule has 0 bridgehead atoms. The molecule has 0 saturated carbocycles. The van der Waals surface area contributed by atoms with Crippen LogP contribution in [0.1, 0.15) is 5.56 Å². The molecule has 0 atom stereocenters. The fourth-order valence-corrected chi connectivity index (χ4v) is 1.72. The molecule has 2 aromatic rings. The van der Waals surface area contributed by atoms with Crippen LogP contribution < -0.4 is 0 Å². The van der Waals surface area contributed by atoms with E-state index in [4.69, 9.17) is 0 Å². The van der Waals surface area contributed by atoms with Gasteiger partial charge in [0.1, 0.15) is 5.69 Å². The molecule has 3 nitrogen and oxygen atoms in total. The zero-order chi connectivity index (χ0) is 9.80. The molecule has 0 unspecified atom stereocenters. The topological polar surface area (TPSA) is 39.9 Å². The monoisotopic (exact) mass is 204 g/mol. The van der Waals surface area contributed by atoms with Gasteiger partial charge in [0, 0.05) is 10.9 Å². The van der Waals surface area contributed by atoms with Crippen molar-refractivity contribution in [2.45, 2.75) is 6.54 Å². The highest BCUT2D eigenvalue weighted by Crippen LogP contribution is 2.18. The van der Waals surface area contributed by atoms with Crippen LogP contribution in [0.3, 0.4) is 0 Å². The van der Waals surface area contributed by atoms with Crippen molar-refractivity contribution in [2.75, 3.05) is 7.05 Å². The Hall–Kier alpha value is -1.26. The van der Waals surface area contributed by atoms with Crippen molar-refractivity contribution >= 4 is 11.5 Å². The first kappa shape index (κ1) is 9.30. The molecule has 1 aromatic carbocycles. The van der Waals surface area contributed by atoms with Crippen molar-refractivity contribution in [1.29, 1.82) is 0 Å². The van der Waals surface area contributed by atoms with Gasteiger partial charge in [0.05, 0.1) is 0 Å². The van der Waals surface area contributed by atoms with Crippen LogP contribution in [0.2, 0.25) is 0 Å². The van der Waals surface area contributed by atoms with Crippen molar-refractivity contribution in [3.8, 4) is 11.3 Å². The average molecular weight is 204 g/mol. The number of rotatable bonds is 3. The molecule has 0 N–H and O–H groups in total. The van der Waals surface area contributed by atoms with Crippen LogP contribution in [-0.2, 0) is 6.54 Å². The summed E-state index contributed by atoms with van der Waals surface area (Å²) in [5, 5.41) is 10.0. The van der Waals surface area contributed by atoms with Crippen LogP contribution >= 0.6 is 11.5 Å². The van der Waals surface area contributed by atoms with Gasteiger partial charge in [-0.05, 0) is 11.5 Å². The molecule has 72 valence electrons. The molecular formula is C10H10N3S-. The number of aromatic nitrogens is 2. The van der Waals surface area contributed by atoms with E-state index < -0.39 is 0 Å². The maximum atomic E-state index is 4.07. The quantitative estimate of drug-likeness (QED) is 0.771. The van der Waals surface area contributed by atoms with Gasteiger partial charge in [-0.1, -0.05) is 34.3 Å². The van der Waals surface area contributed by atoms with Gasteiger partial charge in [-0.2, -0.15) is 7.05 Å². The van der Waals surface area contributed by atoms with E-state index >= 15 is 0 Å². The Morgan fingerprint density at radius 1 is 1.29 bits per heavy atom. The van der Waals surface area contributed by atoms with Crippen LogP contribution in [0, 0.1) is 0 Å². The molecular weight excluding hydrogens is 194 g/mol. The Morgan fingerprint density at radius 2 is 2.07 bits per heavy atom. The van der Waals surface area contributed by atoms with Gasteiger partial charge in [0.25, 0.3) is 0 Å². The molecule has 0 saturated heterocycles. The fraction of sp³-hybridized carbons (Fsp3) is 0.200. The highest BCUT2D eigenvalue weighted by Gasteiger charge is 1.98. The predicted octanol–water partition coefficient (Wildman–Crippen LogP) is 2.71. The third-order valence-electron chi connectivity index (χ3n) is 1.95. The molecule has 2 rings (SSSR count). The molecule has 0 amide bonds. The number of benzene rings is 1. The Balaban J connectivity index is 2.22. The van der Waals surface area contributed by atoms with Crippen LogP contribution in [-0.4, -0.2) is 16.6 Å². The molecule has 1 heterocycles. The molecule has 0 aliphatic heterocycles. The SMILES string of the molecule is C[N-]Cc1ccc(-c2csnn2)cc1. The number of hydrogen-bond acceptors (Lipinski definition) is 3. The highest BCUT2D eigenvalue weighted by atomic mass is 32.1. The molecule has 0 spiro atoms. The first-order valence-electron chi connectivity index (χ1n) is 4.32. The lowest BCUT2D eigenvalue weighted by atomic mass is 10.1. The van der Waals surface area contributed by atoms with Gasteiger partial charge in [-0.15, -0.1) is 11.6 Å². The van der Waals surface area contributed by atoms with E-state index in [0.717, 1.165) is 17.8 Å². The van der Waals surface area contributed by atoms with Gasteiger partial charge in [0.2, 0.25) is 0 Å². The second-order valence-corrected chi connectivity index (χ2v) is 3.57. The minimum atomic E-state index is 0.773. The summed E-state index contributed by atoms with van der Waals surface area (Å²) >= 11 is 1.37. The van der Waals surface area contributed by atoms with Crippen molar-refractivity contribution in [3.63, 3.8) is 0 Å². The smallest absolute Gasteiger partial charge is 0.105 e. The van der Waals surface area contributed by atoms with E-state index in [9.17, 15) is 0 Å². The Labute approximate surface area is 87.0 Å². The van der Waals surface area contributed by atoms with E-state index in [1.54, 1.807) is 0 Å². The largest absolute Gasteiger partial charge is 0.661 e. The van der Waals surface area contributed by atoms with E-state index in [-0.39, 0.29) is 0 Å². The van der Waals surface area contributed by atoms with Gasteiger partial charge in [0.15, 0.2) is 0 Å². The lowest BCUT2D eigenvalue weighted by Crippen LogP contribution is -1.83. The summed E-state index contributed by atoms with van der Waals surface area (Å²) in [6.07, 6.45) is 0. The normalized spacial score (nSPS) is 10.4. The molecule has 4 heteroatoms. The summed E-state index contributed by atoms with van der Waals surface area (Å²) in [7, 11) is 1.82. The summed E-state index contributed by atoms with van der Waals surface area (Å²) in [5.74, 6) is 0. The zero-order valence-corrected chi connectivity index (χ0v) is 8.66. The summed E-state index contributed by atoms with van der Waals surface area (Å²) in [4.78, 5) is 0. The summed E-state index contributed by atoms with van der Waals surface area (Å²) in [5.41, 5.74) is 3.27. The van der Waals surface area contributed by atoms with E-state index in [2.05, 4.69) is 39.2 Å². The number of hydrogen-bond donors (Lipinski definition) is 0. The van der Waals surface area contributed by atoms with Gasteiger partial charge in [-0.3, -0.25) is 0 Å². The highest BCUT2D eigenvalue weighted by molar-refractivity contribution is 7.03. The van der Waals surface area contributed by atoms with Crippen molar-refractivity contribution in [1.82, 2.24) is 9.59 Å². The van der Waals surface area contributed by atoms with Gasteiger partial charge >= 0.3 is 0 Å². The minimum Gasteiger partial charge on any atom is -0.661 e. The second kappa shape index (κ2) is 4.30. The Bertz CT molecular complexity index is 380. The number of nitrogens with zero attached hydrogens (tertiary/aromatic N) is 3. The predicted molar refractivity (Wildman–Crippen MR) is 58.3 cm³/mol. The zero-order valence-electron chi connectivity index (χ0n) is 7.84. The molecule has 0 aliphatic carbocycles. The van der Waals surface area contributed by atoms with Gasteiger partial charge < -0.3 is 5.32 Å². The Morgan fingerprint density at radius 3 is 2.64 bits per heavy atom. The fourth-order valence-electron chi connectivity index (χ4n) is 1.25. The third kappa shape index (κ3) is 1.97. The standard InChI is InChI=1S/C10H10N3S/c1-11-6-8-2-4-9(5-3-8)10-7-14-13-12-10/h2-5,7H,6H2,1H3/q-1. The van der Waals surface area contributed by atoms with E-state index in [0.29, 0.717) is 0 Å². The molecule has 1 aromatic heterocycles. The second-order valence-electron chi connectivity index (χ2n) is 2.96. The third-order valence-corrected chi connectivity index (χ3v) is 2.46. The van der Waals surface area contributed by atoms with E-state index in [1.807, 2.05) is 12.4 Å². The molecule has 0 fully saturated rings. The maximum Gasteiger partial charge on any atom is 0.105 e. The Kier molecular flexibility index (Phi) is 2.86. The summed E-state index contributed by atoms with van der Waals surface area (Å²) < 4.78 is 3.83. The first-order valence-corrected chi connectivity index (χ1v) is 5.16. The van der Waals surface area contributed by atoms with Crippen LogP contribution in [0.4, 0.5) is 0 Å². The maximum absolute atomic E-state index is 4.07. The van der Waals surface area contributed by atoms with Crippen LogP contribution in [0.5, 0.6) is 0 Å². The van der Waals surface area contributed by atoms with Crippen LogP contribution in [0.25, 0.3) is 16.6 Å².